The topological polar surface area (TPSA) is 38.7 Å². The van der Waals surface area contributed by atoms with Gasteiger partial charge in [-0.25, -0.2) is 4.39 Å². The summed E-state index contributed by atoms with van der Waals surface area (Å²) in [4.78, 5) is 0. The molecule has 0 fully saturated rings. The third kappa shape index (κ3) is 3.48. The van der Waals surface area contributed by atoms with E-state index in [1.165, 1.54) is 18.2 Å². The van der Waals surface area contributed by atoms with Crippen molar-refractivity contribution in [3.8, 4) is 17.2 Å². The smallest absolute Gasteiger partial charge is 0.133 e. The maximum atomic E-state index is 13.2. The van der Waals surface area contributed by atoms with Crippen molar-refractivity contribution >= 4 is 0 Å². The second kappa shape index (κ2) is 6.39. The van der Waals surface area contributed by atoms with Gasteiger partial charge in [0.25, 0.3) is 0 Å². The van der Waals surface area contributed by atoms with Crippen molar-refractivity contribution in [1.29, 1.82) is 0 Å². The van der Waals surface area contributed by atoms with Crippen molar-refractivity contribution in [2.75, 3.05) is 6.61 Å². The summed E-state index contributed by atoms with van der Waals surface area (Å²) in [7, 11) is 0. The van der Waals surface area contributed by atoms with Gasteiger partial charge in [-0.1, -0.05) is 0 Å². The van der Waals surface area contributed by atoms with Crippen molar-refractivity contribution in [3.05, 3.63) is 53.8 Å². The molecule has 4 heteroatoms. The summed E-state index contributed by atoms with van der Waals surface area (Å²) in [5.74, 6) is 1.39. The summed E-state index contributed by atoms with van der Waals surface area (Å²) in [5.41, 5.74) is 0.416. The molecule has 106 valence electrons. The van der Waals surface area contributed by atoms with Crippen LogP contribution in [0.1, 0.15) is 25.5 Å². The molecule has 0 saturated carbocycles. The van der Waals surface area contributed by atoms with Gasteiger partial charge in [0.05, 0.1) is 12.7 Å². The van der Waals surface area contributed by atoms with E-state index in [0.717, 1.165) is 5.75 Å². The van der Waals surface area contributed by atoms with Gasteiger partial charge in [-0.2, -0.15) is 0 Å². The lowest BCUT2D eigenvalue weighted by molar-refractivity contribution is 0.195. The second-order valence-corrected chi connectivity index (χ2v) is 4.36. The van der Waals surface area contributed by atoms with E-state index in [2.05, 4.69) is 0 Å². The van der Waals surface area contributed by atoms with E-state index in [4.69, 9.17) is 9.47 Å². The van der Waals surface area contributed by atoms with E-state index < -0.39 is 11.9 Å². The van der Waals surface area contributed by atoms with Crippen LogP contribution in [0.5, 0.6) is 17.2 Å². The van der Waals surface area contributed by atoms with Gasteiger partial charge in [0.2, 0.25) is 0 Å². The molecule has 20 heavy (non-hydrogen) atoms. The fourth-order valence-electron chi connectivity index (χ4n) is 1.84. The lowest BCUT2D eigenvalue weighted by Gasteiger charge is -2.13. The molecular weight excluding hydrogens is 259 g/mol. The molecule has 1 atom stereocenters. The second-order valence-electron chi connectivity index (χ2n) is 4.36. The molecule has 2 aromatic rings. The highest BCUT2D eigenvalue weighted by Gasteiger charge is 2.11. The van der Waals surface area contributed by atoms with Gasteiger partial charge in [0.1, 0.15) is 23.1 Å². The maximum absolute atomic E-state index is 13.2. The van der Waals surface area contributed by atoms with Crippen LogP contribution in [-0.4, -0.2) is 11.7 Å². The van der Waals surface area contributed by atoms with E-state index in [-0.39, 0.29) is 0 Å². The number of rotatable bonds is 5. The van der Waals surface area contributed by atoms with Crippen LogP contribution < -0.4 is 9.47 Å². The van der Waals surface area contributed by atoms with Gasteiger partial charge < -0.3 is 14.6 Å². The summed E-state index contributed by atoms with van der Waals surface area (Å²) in [5, 5.41) is 9.65. The molecule has 0 aliphatic heterocycles. The molecule has 3 nitrogen and oxygen atoms in total. The first kappa shape index (κ1) is 14.3. The summed E-state index contributed by atoms with van der Waals surface area (Å²) < 4.78 is 24.2. The number of benzene rings is 2. The van der Waals surface area contributed by atoms with Crippen LogP contribution in [0, 0.1) is 5.82 Å². The third-order valence-corrected chi connectivity index (χ3v) is 2.78. The minimum absolute atomic E-state index is 0.403. The average Bonchev–Trinajstić information content (AvgIpc) is 2.43. The zero-order valence-corrected chi connectivity index (χ0v) is 11.5. The van der Waals surface area contributed by atoms with Crippen LogP contribution in [-0.2, 0) is 0 Å². The highest BCUT2D eigenvalue weighted by atomic mass is 19.1. The maximum Gasteiger partial charge on any atom is 0.133 e. The van der Waals surface area contributed by atoms with Crippen molar-refractivity contribution in [2.24, 2.45) is 0 Å². The van der Waals surface area contributed by atoms with Crippen molar-refractivity contribution in [2.45, 2.75) is 20.0 Å². The summed E-state index contributed by atoms with van der Waals surface area (Å²) in [6.45, 7) is 4.09. The minimum atomic E-state index is -0.802. The van der Waals surface area contributed by atoms with Crippen LogP contribution in [0.3, 0.4) is 0 Å². The molecule has 0 spiro atoms. The highest BCUT2D eigenvalue weighted by molar-refractivity contribution is 5.40. The SMILES string of the molecule is CCOc1ccc(Oc2ccc(F)cc2[C@@H](C)O)cc1. The standard InChI is InChI=1S/C16H17FO3/c1-3-19-13-5-7-14(8-6-13)20-16-9-4-12(17)10-15(16)11(2)18/h4-11,18H,3H2,1-2H3/t11-/m1/s1. The van der Waals surface area contributed by atoms with Gasteiger partial charge in [-0.3, -0.25) is 0 Å². The number of aliphatic hydroxyl groups excluding tert-OH is 1. The lowest BCUT2D eigenvalue weighted by atomic mass is 10.1. The highest BCUT2D eigenvalue weighted by Crippen LogP contribution is 2.31. The van der Waals surface area contributed by atoms with Crippen LogP contribution in [0.4, 0.5) is 4.39 Å². The summed E-state index contributed by atoms with van der Waals surface area (Å²) in [6, 6.07) is 11.2. The number of ether oxygens (including phenoxy) is 2. The van der Waals surface area contributed by atoms with Crippen molar-refractivity contribution in [1.82, 2.24) is 0 Å². The van der Waals surface area contributed by atoms with E-state index in [0.29, 0.717) is 23.7 Å². The molecular formula is C16H17FO3. The summed E-state index contributed by atoms with van der Waals surface area (Å²) in [6.07, 6.45) is -0.802. The quantitative estimate of drug-likeness (QED) is 0.894. The largest absolute Gasteiger partial charge is 0.494 e. The molecule has 0 saturated heterocycles. The first-order valence-electron chi connectivity index (χ1n) is 6.48. The Balaban J connectivity index is 2.21. The van der Waals surface area contributed by atoms with Gasteiger partial charge in [-0.15, -0.1) is 0 Å². The molecule has 0 aliphatic carbocycles. The van der Waals surface area contributed by atoms with E-state index in [1.54, 1.807) is 31.2 Å². The summed E-state index contributed by atoms with van der Waals surface area (Å²) >= 11 is 0. The molecule has 0 radical (unpaired) electrons. The van der Waals surface area contributed by atoms with E-state index in [9.17, 15) is 9.50 Å². The van der Waals surface area contributed by atoms with Crippen molar-refractivity contribution < 1.29 is 19.0 Å². The Morgan fingerprint density at radius 3 is 2.35 bits per heavy atom. The van der Waals surface area contributed by atoms with Crippen LogP contribution >= 0.6 is 0 Å². The molecule has 0 aliphatic rings. The van der Waals surface area contributed by atoms with E-state index in [1.807, 2.05) is 6.92 Å². The Morgan fingerprint density at radius 1 is 1.10 bits per heavy atom. The van der Waals surface area contributed by atoms with Crippen LogP contribution in [0.25, 0.3) is 0 Å². The zero-order chi connectivity index (χ0) is 14.5. The number of aliphatic hydroxyl groups is 1. The molecule has 0 aromatic heterocycles. The first-order chi connectivity index (χ1) is 9.60. The average molecular weight is 276 g/mol. The molecule has 0 heterocycles. The van der Waals surface area contributed by atoms with Gasteiger partial charge in [0, 0.05) is 5.56 Å². The predicted molar refractivity (Wildman–Crippen MR) is 74.7 cm³/mol. The monoisotopic (exact) mass is 276 g/mol. The van der Waals surface area contributed by atoms with Gasteiger partial charge in [0.15, 0.2) is 0 Å². The molecule has 0 amide bonds. The molecule has 2 rings (SSSR count). The molecule has 0 bridgehead atoms. The third-order valence-electron chi connectivity index (χ3n) is 2.78. The number of halogens is 1. The Labute approximate surface area is 117 Å². The van der Waals surface area contributed by atoms with Crippen LogP contribution in [0.2, 0.25) is 0 Å². The van der Waals surface area contributed by atoms with Gasteiger partial charge in [-0.05, 0) is 56.3 Å². The molecule has 2 aromatic carbocycles. The Morgan fingerprint density at radius 2 is 1.75 bits per heavy atom. The normalized spacial score (nSPS) is 12.0. The number of hydrogen-bond acceptors (Lipinski definition) is 3. The Kier molecular flexibility index (Phi) is 4.58. The minimum Gasteiger partial charge on any atom is -0.494 e. The van der Waals surface area contributed by atoms with Gasteiger partial charge >= 0.3 is 0 Å². The fourth-order valence-corrected chi connectivity index (χ4v) is 1.84. The van der Waals surface area contributed by atoms with E-state index >= 15 is 0 Å². The number of hydrogen-bond donors (Lipinski definition) is 1. The first-order valence-corrected chi connectivity index (χ1v) is 6.48. The molecule has 1 N–H and O–H groups in total. The Bertz CT molecular complexity index is 564. The Hall–Kier alpha value is -2.07. The molecule has 0 unspecified atom stereocenters. The predicted octanol–water partition coefficient (Wildman–Crippen LogP) is 4.07. The fraction of sp³-hybridized carbons (Fsp3) is 0.250. The van der Waals surface area contributed by atoms with Crippen LogP contribution in [0.15, 0.2) is 42.5 Å². The zero-order valence-electron chi connectivity index (χ0n) is 11.5. The lowest BCUT2D eigenvalue weighted by Crippen LogP contribution is -1.97. The van der Waals surface area contributed by atoms with Crippen molar-refractivity contribution in [3.63, 3.8) is 0 Å².